The molecule has 0 radical (unpaired) electrons. The van der Waals surface area contributed by atoms with E-state index in [1.165, 1.54) is 0 Å². The SMILES string of the molecule is CNC(=O)c1cccc2cc(Oc3ccnc(NC(=O)c4ccc(C5CCN(C(=O)OC(C)(C)C)CC5)cc4)c3)ccc12. The Labute approximate surface area is 251 Å². The van der Waals surface area contributed by atoms with Gasteiger partial charge in [-0.2, -0.15) is 0 Å². The van der Waals surface area contributed by atoms with Gasteiger partial charge in [-0.1, -0.05) is 24.3 Å². The Bertz CT molecular complexity index is 1640. The van der Waals surface area contributed by atoms with E-state index in [0.717, 1.165) is 29.2 Å². The van der Waals surface area contributed by atoms with Gasteiger partial charge in [0.2, 0.25) is 0 Å². The van der Waals surface area contributed by atoms with E-state index in [4.69, 9.17) is 9.47 Å². The van der Waals surface area contributed by atoms with E-state index in [1.807, 2.05) is 69.3 Å². The number of ether oxygens (including phenoxy) is 2. The molecule has 222 valence electrons. The van der Waals surface area contributed by atoms with E-state index in [0.29, 0.717) is 47.5 Å². The number of benzene rings is 3. The van der Waals surface area contributed by atoms with Crippen LogP contribution in [-0.2, 0) is 4.74 Å². The quantitative estimate of drug-likeness (QED) is 0.261. The van der Waals surface area contributed by atoms with Crippen molar-refractivity contribution in [1.29, 1.82) is 0 Å². The molecule has 1 saturated heterocycles. The van der Waals surface area contributed by atoms with E-state index >= 15 is 0 Å². The van der Waals surface area contributed by atoms with E-state index in [9.17, 15) is 14.4 Å². The molecule has 0 atom stereocenters. The third kappa shape index (κ3) is 7.30. The molecular formula is C34H36N4O5. The molecule has 2 heterocycles. The summed E-state index contributed by atoms with van der Waals surface area (Å²) in [5.74, 6) is 1.37. The fraction of sp³-hybridized carbons (Fsp3) is 0.294. The summed E-state index contributed by atoms with van der Waals surface area (Å²) in [6, 6.07) is 22.0. The zero-order valence-electron chi connectivity index (χ0n) is 24.8. The molecular weight excluding hydrogens is 544 g/mol. The first-order chi connectivity index (χ1) is 20.6. The maximum atomic E-state index is 13.0. The van der Waals surface area contributed by atoms with Crippen LogP contribution in [-0.4, -0.2) is 53.5 Å². The number of fused-ring (bicyclic) bond motifs is 1. The normalized spacial score (nSPS) is 13.8. The molecule has 1 fully saturated rings. The molecule has 9 nitrogen and oxygen atoms in total. The van der Waals surface area contributed by atoms with Gasteiger partial charge in [0.05, 0.1) is 0 Å². The van der Waals surface area contributed by atoms with Gasteiger partial charge in [0.25, 0.3) is 11.8 Å². The molecule has 3 amide bonds. The molecule has 4 aromatic rings. The lowest BCUT2D eigenvalue weighted by atomic mass is 9.89. The van der Waals surface area contributed by atoms with Crippen LogP contribution in [0, 0.1) is 0 Å². The predicted molar refractivity (Wildman–Crippen MR) is 166 cm³/mol. The zero-order valence-corrected chi connectivity index (χ0v) is 24.8. The third-order valence-corrected chi connectivity index (χ3v) is 7.32. The number of rotatable bonds is 6. The second-order valence-electron chi connectivity index (χ2n) is 11.6. The lowest BCUT2D eigenvalue weighted by molar-refractivity contribution is 0.0204. The molecule has 0 aliphatic carbocycles. The Balaban J connectivity index is 1.19. The monoisotopic (exact) mass is 580 g/mol. The molecule has 0 unspecified atom stereocenters. The van der Waals surface area contributed by atoms with Crippen LogP contribution in [0.4, 0.5) is 10.6 Å². The number of piperidine rings is 1. The number of hydrogen-bond acceptors (Lipinski definition) is 6. The number of carbonyl (C=O) groups excluding carboxylic acids is 3. The van der Waals surface area contributed by atoms with Crippen LogP contribution in [0.3, 0.4) is 0 Å². The van der Waals surface area contributed by atoms with Gasteiger partial charge in [0.15, 0.2) is 0 Å². The Kier molecular flexibility index (Phi) is 8.61. The Morgan fingerprint density at radius 1 is 0.884 bits per heavy atom. The fourth-order valence-electron chi connectivity index (χ4n) is 5.15. The number of amides is 3. The number of likely N-dealkylation sites (tertiary alicyclic amines) is 1. The van der Waals surface area contributed by atoms with Gasteiger partial charge in [-0.05, 0) is 98.3 Å². The number of nitrogens with zero attached hydrogens (tertiary/aromatic N) is 2. The predicted octanol–water partition coefficient (Wildman–Crippen LogP) is 6.75. The second kappa shape index (κ2) is 12.5. The van der Waals surface area contributed by atoms with Crippen LogP contribution >= 0.6 is 0 Å². The largest absolute Gasteiger partial charge is 0.457 e. The number of anilines is 1. The van der Waals surface area contributed by atoms with Crippen molar-refractivity contribution in [2.75, 3.05) is 25.5 Å². The van der Waals surface area contributed by atoms with Crippen LogP contribution in [0.1, 0.15) is 65.8 Å². The molecule has 5 rings (SSSR count). The minimum absolute atomic E-state index is 0.149. The number of aromatic nitrogens is 1. The van der Waals surface area contributed by atoms with Gasteiger partial charge in [0, 0.05) is 43.5 Å². The summed E-state index contributed by atoms with van der Waals surface area (Å²) < 4.78 is 11.5. The molecule has 0 bridgehead atoms. The molecule has 0 saturated carbocycles. The van der Waals surface area contributed by atoms with Crippen LogP contribution in [0.2, 0.25) is 0 Å². The minimum Gasteiger partial charge on any atom is -0.457 e. The molecule has 3 aromatic carbocycles. The van der Waals surface area contributed by atoms with Crippen LogP contribution < -0.4 is 15.4 Å². The smallest absolute Gasteiger partial charge is 0.410 e. The van der Waals surface area contributed by atoms with Crippen molar-refractivity contribution >= 4 is 34.5 Å². The van der Waals surface area contributed by atoms with E-state index in [2.05, 4.69) is 15.6 Å². The summed E-state index contributed by atoms with van der Waals surface area (Å²) >= 11 is 0. The molecule has 1 aromatic heterocycles. The standard InChI is InChI=1S/C34H36N4O5/c1-34(2,3)43-33(41)38-18-15-23(16-19-38)22-8-10-24(11-9-22)31(39)37-30-21-27(14-17-36-30)42-26-12-13-28-25(20-26)6-5-7-29(28)32(40)35-4/h5-14,17,20-21,23H,15-16,18-19H2,1-4H3,(H,35,40)(H,36,37,39). The maximum Gasteiger partial charge on any atom is 0.410 e. The topological polar surface area (TPSA) is 110 Å². The highest BCUT2D eigenvalue weighted by Crippen LogP contribution is 2.30. The van der Waals surface area contributed by atoms with E-state index in [1.54, 1.807) is 42.4 Å². The first kappa shape index (κ1) is 29.6. The summed E-state index contributed by atoms with van der Waals surface area (Å²) in [6.45, 7) is 6.89. The van der Waals surface area contributed by atoms with Crippen molar-refractivity contribution in [3.05, 3.63) is 95.7 Å². The van der Waals surface area contributed by atoms with Crippen molar-refractivity contribution in [3.63, 3.8) is 0 Å². The van der Waals surface area contributed by atoms with Crippen molar-refractivity contribution in [1.82, 2.24) is 15.2 Å². The van der Waals surface area contributed by atoms with Crippen molar-refractivity contribution < 1.29 is 23.9 Å². The third-order valence-electron chi connectivity index (χ3n) is 7.32. The van der Waals surface area contributed by atoms with Gasteiger partial charge in [-0.3, -0.25) is 9.59 Å². The number of nitrogens with one attached hydrogen (secondary N) is 2. The molecule has 2 N–H and O–H groups in total. The summed E-state index contributed by atoms with van der Waals surface area (Å²) in [5.41, 5.74) is 1.75. The molecule has 0 spiro atoms. The first-order valence-corrected chi connectivity index (χ1v) is 14.4. The highest BCUT2D eigenvalue weighted by atomic mass is 16.6. The fourth-order valence-corrected chi connectivity index (χ4v) is 5.15. The van der Waals surface area contributed by atoms with E-state index < -0.39 is 5.60 Å². The van der Waals surface area contributed by atoms with Crippen molar-refractivity contribution in [2.45, 2.75) is 45.1 Å². The highest BCUT2D eigenvalue weighted by Gasteiger charge is 2.27. The molecule has 9 heteroatoms. The summed E-state index contributed by atoms with van der Waals surface area (Å²) in [4.78, 5) is 43.6. The molecule has 1 aliphatic heterocycles. The van der Waals surface area contributed by atoms with Crippen molar-refractivity contribution in [2.24, 2.45) is 0 Å². The van der Waals surface area contributed by atoms with E-state index in [-0.39, 0.29) is 17.9 Å². The minimum atomic E-state index is -0.508. The number of hydrogen-bond donors (Lipinski definition) is 2. The second-order valence-corrected chi connectivity index (χ2v) is 11.6. The van der Waals surface area contributed by atoms with Crippen LogP contribution in [0.15, 0.2) is 79.0 Å². The first-order valence-electron chi connectivity index (χ1n) is 14.4. The summed E-state index contributed by atoms with van der Waals surface area (Å²) in [7, 11) is 1.61. The van der Waals surface area contributed by atoms with Gasteiger partial charge in [-0.15, -0.1) is 0 Å². The Hall–Kier alpha value is -4.92. The Morgan fingerprint density at radius 2 is 1.60 bits per heavy atom. The average molecular weight is 581 g/mol. The molecule has 43 heavy (non-hydrogen) atoms. The van der Waals surface area contributed by atoms with Gasteiger partial charge >= 0.3 is 6.09 Å². The average Bonchev–Trinajstić information content (AvgIpc) is 3.00. The van der Waals surface area contributed by atoms with Gasteiger partial charge < -0.3 is 25.0 Å². The lowest BCUT2D eigenvalue weighted by Crippen LogP contribution is -2.41. The highest BCUT2D eigenvalue weighted by molar-refractivity contribution is 6.07. The van der Waals surface area contributed by atoms with Gasteiger partial charge in [-0.25, -0.2) is 9.78 Å². The maximum absolute atomic E-state index is 13.0. The van der Waals surface area contributed by atoms with Crippen LogP contribution in [0.5, 0.6) is 11.5 Å². The number of carbonyl (C=O) groups is 3. The van der Waals surface area contributed by atoms with Gasteiger partial charge in [0.1, 0.15) is 22.9 Å². The van der Waals surface area contributed by atoms with Crippen LogP contribution in [0.25, 0.3) is 10.8 Å². The number of pyridine rings is 1. The summed E-state index contributed by atoms with van der Waals surface area (Å²) in [5, 5.41) is 7.21. The zero-order chi connectivity index (χ0) is 30.6. The summed E-state index contributed by atoms with van der Waals surface area (Å²) in [6.07, 6.45) is 2.99. The Morgan fingerprint density at radius 3 is 2.30 bits per heavy atom. The lowest BCUT2D eigenvalue weighted by Gasteiger charge is -2.33. The molecule has 1 aliphatic rings. The van der Waals surface area contributed by atoms with Crippen molar-refractivity contribution in [3.8, 4) is 11.5 Å².